The minimum absolute atomic E-state index is 0.206. The molecule has 3 heterocycles. The van der Waals surface area contributed by atoms with Gasteiger partial charge in [-0.2, -0.15) is 0 Å². The SMILES string of the molecule is CCOC(=O)C1=C(c2ccccc2)N=c2s/c(=C\c3ccc4c(c3)OCCO4)c(=O)n2[C@H]1c1ccc(C(C)C)cc1. The summed E-state index contributed by atoms with van der Waals surface area (Å²) in [6.45, 7) is 7.23. The van der Waals surface area contributed by atoms with Crippen LogP contribution in [0.3, 0.4) is 0 Å². The predicted octanol–water partition coefficient (Wildman–Crippen LogP) is 4.83. The van der Waals surface area contributed by atoms with E-state index < -0.39 is 12.0 Å². The van der Waals surface area contributed by atoms with Gasteiger partial charge in [-0.15, -0.1) is 0 Å². The van der Waals surface area contributed by atoms with E-state index in [0.29, 0.717) is 51.2 Å². The number of ether oxygens (including phenoxy) is 3. The van der Waals surface area contributed by atoms with Crippen molar-refractivity contribution in [3.05, 3.63) is 120 Å². The Bertz CT molecular complexity index is 1820. The number of aromatic nitrogens is 1. The second-order valence-corrected chi connectivity index (χ2v) is 11.2. The second kappa shape index (κ2) is 11.2. The maximum Gasteiger partial charge on any atom is 0.338 e. The van der Waals surface area contributed by atoms with Crippen LogP contribution in [0.25, 0.3) is 11.8 Å². The lowest BCUT2D eigenvalue weighted by atomic mass is 9.91. The summed E-state index contributed by atoms with van der Waals surface area (Å²) in [6, 6.07) is 22.6. The van der Waals surface area contributed by atoms with Crippen molar-refractivity contribution >= 4 is 29.1 Å². The molecule has 8 heteroatoms. The molecule has 0 saturated carbocycles. The van der Waals surface area contributed by atoms with Gasteiger partial charge in [0.2, 0.25) is 0 Å². The maximum atomic E-state index is 14.1. The highest BCUT2D eigenvalue weighted by molar-refractivity contribution is 7.07. The number of hydrogen-bond acceptors (Lipinski definition) is 7. The highest BCUT2D eigenvalue weighted by atomic mass is 32.1. The third-order valence-electron chi connectivity index (χ3n) is 7.16. The molecule has 0 spiro atoms. The molecule has 0 aliphatic carbocycles. The average Bonchev–Trinajstić information content (AvgIpc) is 3.31. The molecule has 2 aliphatic rings. The molecule has 0 N–H and O–H groups in total. The third kappa shape index (κ3) is 5.11. The highest BCUT2D eigenvalue weighted by Gasteiger charge is 2.35. The van der Waals surface area contributed by atoms with E-state index in [0.717, 1.165) is 16.7 Å². The summed E-state index contributed by atoms with van der Waals surface area (Å²) in [7, 11) is 0. The van der Waals surface area contributed by atoms with Gasteiger partial charge in [0.15, 0.2) is 16.3 Å². The zero-order valence-corrected chi connectivity index (χ0v) is 23.9. The lowest BCUT2D eigenvalue weighted by molar-refractivity contribution is -0.138. The number of esters is 1. The normalized spacial score (nSPS) is 16.4. The van der Waals surface area contributed by atoms with Gasteiger partial charge in [-0.05, 0) is 47.7 Å². The Hall–Kier alpha value is -4.43. The van der Waals surface area contributed by atoms with Gasteiger partial charge in [0, 0.05) is 5.56 Å². The van der Waals surface area contributed by atoms with Crippen LogP contribution >= 0.6 is 11.3 Å². The zero-order valence-electron chi connectivity index (χ0n) is 23.1. The molecule has 0 unspecified atom stereocenters. The highest BCUT2D eigenvalue weighted by Crippen LogP contribution is 2.36. The van der Waals surface area contributed by atoms with Gasteiger partial charge >= 0.3 is 5.97 Å². The van der Waals surface area contributed by atoms with E-state index >= 15 is 0 Å². The fraction of sp³-hybridized carbons (Fsp3) is 0.242. The summed E-state index contributed by atoms with van der Waals surface area (Å²) in [5, 5.41) is 0. The maximum absolute atomic E-state index is 14.1. The van der Waals surface area contributed by atoms with Crippen LogP contribution in [0.4, 0.5) is 0 Å². The van der Waals surface area contributed by atoms with Gasteiger partial charge in [0.05, 0.1) is 28.5 Å². The molecule has 7 nitrogen and oxygen atoms in total. The number of thiazole rings is 1. The quantitative estimate of drug-likeness (QED) is 0.313. The van der Waals surface area contributed by atoms with Crippen LogP contribution < -0.4 is 24.4 Å². The largest absolute Gasteiger partial charge is 0.486 e. The first kappa shape index (κ1) is 26.8. The van der Waals surface area contributed by atoms with Crippen LogP contribution in [0.15, 0.2) is 88.2 Å². The summed E-state index contributed by atoms with van der Waals surface area (Å²) in [5.41, 5.74) is 4.20. The Kier molecular flexibility index (Phi) is 7.32. The van der Waals surface area contributed by atoms with Crippen LogP contribution in [0.5, 0.6) is 11.5 Å². The molecule has 1 aromatic heterocycles. The molecule has 0 saturated heterocycles. The molecule has 41 heavy (non-hydrogen) atoms. The average molecular weight is 567 g/mol. The van der Waals surface area contributed by atoms with E-state index in [1.54, 1.807) is 11.5 Å². The lowest BCUT2D eigenvalue weighted by Crippen LogP contribution is -2.40. The van der Waals surface area contributed by atoms with Gasteiger partial charge in [0.1, 0.15) is 13.2 Å². The molecule has 4 aromatic rings. The minimum Gasteiger partial charge on any atom is -0.486 e. The topological polar surface area (TPSA) is 79.1 Å². The molecule has 1 atom stereocenters. The summed E-state index contributed by atoms with van der Waals surface area (Å²) < 4.78 is 19.1. The number of carbonyl (C=O) groups excluding carboxylic acids is 1. The van der Waals surface area contributed by atoms with Crippen molar-refractivity contribution in [1.82, 2.24) is 4.57 Å². The Morgan fingerprint density at radius 1 is 1.05 bits per heavy atom. The van der Waals surface area contributed by atoms with Crippen LogP contribution in [0.1, 0.15) is 55.0 Å². The van der Waals surface area contributed by atoms with E-state index in [9.17, 15) is 9.59 Å². The van der Waals surface area contributed by atoms with Gasteiger partial charge < -0.3 is 14.2 Å². The lowest BCUT2D eigenvalue weighted by Gasteiger charge is -2.26. The first-order valence-electron chi connectivity index (χ1n) is 13.7. The van der Waals surface area contributed by atoms with Gasteiger partial charge in [-0.25, -0.2) is 9.79 Å². The van der Waals surface area contributed by atoms with E-state index in [-0.39, 0.29) is 12.2 Å². The van der Waals surface area contributed by atoms with E-state index in [1.807, 2.05) is 66.7 Å². The van der Waals surface area contributed by atoms with Crippen LogP contribution in [-0.2, 0) is 9.53 Å². The van der Waals surface area contributed by atoms with E-state index in [1.165, 1.54) is 16.9 Å². The summed E-state index contributed by atoms with van der Waals surface area (Å²) in [6.07, 6.45) is 1.83. The smallest absolute Gasteiger partial charge is 0.338 e. The van der Waals surface area contributed by atoms with Crippen molar-refractivity contribution in [1.29, 1.82) is 0 Å². The van der Waals surface area contributed by atoms with E-state index in [4.69, 9.17) is 19.2 Å². The van der Waals surface area contributed by atoms with Crippen LogP contribution in [0, 0.1) is 0 Å². The standard InChI is InChI=1S/C33H30N2O5S/c1-4-38-32(37)28-29(23-8-6-5-7-9-23)34-33-35(30(28)24-13-11-22(12-14-24)20(2)3)31(36)27(41-33)19-21-10-15-25-26(18-21)40-17-16-39-25/h5-15,18-20,30H,4,16-17H2,1-3H3/b27-19-/t30-/m0/s1. The van der Waals surface area contributed by atoms with Crippen molar-refractivity contribution in [3.8, 4) is 11.5 Å². The molecule has 0 radical (unpaired) electrons. The summed E-state index contributed by atoms with van der Waals surface area (Å²) in [5.74, 6) is 1.19. The molecule has 208 valence electrons. The van der Waals surface area contributed by atoms with Crippen molar-refractivity contribution in [2.75, 3.05) is 19.8 Å². The zero-order chi connectivity index (χ0) is 28.5. The predicted molar refractivity (Wildman–Crippen MR) is 159 cm³/mol. The third-order valence-corrected chi connectivity index (χ3v) is 8.14. The first-order chi connectivity index (χ1) is 19.9. The van der Waals surface area contributed by atoms with E-state index in [2.05, 4.69) is 26.0 Å². The summed E-state index contributed by atoms with van der Waals surface area (Å²) in [4.78, 5) is 33.1. The molecule has 0 bridgehead atoms. The van der Waals surface area contributed by atoms with Crippen LogP contribution in [-0.4, -0.2) is 30.4 Å². The van der Waals surface area contributed by atoms with Gasteiger partial charge in [0.25, 0.3) is 5.56 Å². The molecule has 0 amide bonds. The van der Waals surface area contributed by atoms with Crippen molar-refractivity contribution < 1.29 is 19.0 Å². The van der Waals surface area contributed by atoms with Gasteiger partial charge in [-0.1, -0.05) is 85.8 Å². The molecular formula is C33H30N2O5S. The van der Waals surface area contributed by atoms with Crippen molar-refractivity contribution in [2.24, 2.45) is 4.99 Å². The molecule has 0 fully saturated rings. The Balaban J connectivity index is 1.59. The molecule has 2 aliphatic heterocycles. The van der Waals surface area contributed by atoms with Crippen molar-refractivity contribution in [3.63, 3.8) is 0 Å². The van der Waals surface area contributed by atoms with Gasteiger partial charge in [-0.3, -0.25) is 9.36 Å². The molecule has 6 rings (SSSR count). The number of rotatable bonds is 6. The summed E-state index contributed by atoms with van der Waals surface area (Å²) >= 11 is 1.30. The monoisotopic (exact) mass is 566 g/mol. The fourth-order valence-corrected chi connectivity index (χ4v) is 6.12. The number of benzene rings is 3. The van der Waals surface area contributed by atoms with Crippen LogP contribution in [0.2, 0.25) is 0 Å². The number of fused-ring (bicyclic) bond motifs is 2. The fourth-order valence-electron chi connectivity index (χ4n) is 5.12. The minimum atomic E-state index is -0.705. The first-order valence-corrected chi connectivity index (χ1v) is 14.5. The molecule has 3 aromatic carbocycles. The molecular weight excluding hydrogens is 536 g/mol. The number of carbonyl (C=O) groups is 1. The second-order valence-electron chi connectivity index (χ2n) is 10.2. The van der Waals surface area contributed by atoms with Crippen molar-refractivity contribution in [2.45, 2.75) is 32.7 Å². The Morgan fingerprint density at radius 2 is 1.78 bits per heavy atom. The Labute approximate surface area is 241 Å². The number of nitrogens with zero attached hydrogens (tertiary/aromatic N) is 2. The number of hydrogen-bond donors (Lipinski definition) is 0. The Morgan fingerprint density at radius 3 is 2.49 bits per heavy atom.